The van der Waals surface area contributed by atoms with Crippen molar-refractivity contribution in [2.24, 2.45) is 0 Å². The first-order valence-corrected chi connectivity index (χ1v) is 7.57. The average molecular weight is 313 g/mol. The fraction of sp³-hybridized carbons (Fsp3) is 0.692. The summed E-state index contributed by atoms with van der Waals surface area (Å²) in [5, 5.41) is 3.38. The zero-order valence-corrected chi connectivity index (χ0v) is 12.5. The first-order chi connectivity index (χ1) is 8.78. The molecule has 1 aromatic rings. The Hall–Kier alpha value is -0.680. The largest absolute Gasteiger partial charge is 0.369 e. The summed E-state index contributed by atoms with van der Waals surface area (Å²) < 4.78 is 0.856. The molecule has 1 aromatic heterocycles. The van der Waals surface area contributed by atoms with Crippen LogP contribution in [0.4, 0.5) is 5.82 Å². The van der Waals surface area contributed by atoms with Crippen LogP contribution in [0.2, 0.25) is 0 Å². The zero-order valence-electron chi connectivity index (χ0n) is 11.0. The van der Waals surface area contributed by atoms with Gasteiger partial charge in [-0.3, -0.25) is 0 Å². The van der Waals surface area contributed by atoms with Gasteiger partial charge in [-0.2, -0.15) is 0 Å². The van der Waals surface area contributed by atoms with Gasteiger partial charge in [0.2, 0.25) is 0 Å². The molecule has 1 aliphatic heterocycles. The molecular formula is C13H21BrN4. The SMILES string of the molecule is CCc1nc(Br)cc(NCCN2CCCCC2)n1. The van der Waals surface area contributed by atoms with Gasteiger partial charge in [0.1, 0.15) is 16.2 Å². The number of piperidine rings is 1. The smallest absolute Gasteiger partial charge is 0.131 e. The van der Waals surface area contributed by atoms with Crippen LogP contribution in [0.1, 0.15) is 32.0 Å². The second kappa shape index (κ2) is 7.04. The Balaban J connectivity index is 1.80. The molecule has 0 amide bonds. The summed E-state index contributed by atoms with van der Waals surface area (Å²) >= 11 is 3.42. The molecule has 0 atom stereocenters. The van der Waals surface area contributed by atoms with E-state index in [1.54, 1.807) is 0 Å². The molecule has 0 aromatic carbocycles. The molecule has 0 bridgehead atoms. The lowest BCUT2D eigenvalue weighted by molar-refractivity contribution is 0.237. The highest BCUT2D eigenvalue weighted by molar-refractivity contribution is 9.10. The third kappa shape index (κ3) is 4.21. The zero-order chi connectivity index (χ0) is 12.8. The van der Waals surface area contributed by atoms with E-state index >= 15 is 0 Å². The fourth-order valence-corrected chi connectivity index (χ4v) is 2.66. The van der Waals surface area contributed by atoms with E-state index in [4.69, 9.17) is 0 Å². The summed E-state index contributed by atoms with van der Waals surface area (Å²) in [7, 11) is 0. The second-order valence-electron chi connectivity index (χ2n) is 4.67. The Bertz CT molecular complexity index is 377. The lowest BCUT2D eigenvalue weighted by Gasteiger charge is -2.26. The summed E-state index contributed by atoms with van der Waals surface area (Å²) in [4.78, 5) is 11.3. The summed E-state index contributed by atoms with van der Waals surface area (Å²) in [6, 6.07) is 1.94. The van der Waals surface area contributed by atoms with Gasteiger partial charge in [-0.25, -0.2) is 9.97 Å². The van der Waals surface area contributed by atoms with E-state index in [1.165, 1.54) is 32.4 Å². The minimum Gasteiger partial charge on any atom is -0.369 e. The van der Waals surface area contributed by atoms with Crippen LogP contribution in [0.3, 0.4) is 0 Å². The van der Waals surface area contributed by atoms with Crippen molar-refractivity contribution in [2.45, 2.75) is 32.6 Å². The van der Waals surface area contributed by atoms with Crippen molar-refractivity contribution < 1.29 is 0 Å². The van der Waals surface area contributed by atoms with Crippen molar-refractivity contribution in [3.8, 4) is 0 Å². The number of aryl methyl sites for hydroxylation is 1. The second-order valence-corrected chi connectivity index (χ2v) is 5.49. The van der Waals surface area contributed by atoms with E-state index in [0.717, 1.165) is 35.8 Å². The minimum absolute atomic E-state index is 0.856. The highest BCUT2D eigenvalue weighted by Crippen LogP contribution is 2.13. The number of hydrogen-bond acceptors (Lipinski definition) is 4. The number of nitrogens with one attached hydrogen (secondary N) is 1. The van der Waals surface area contributed by atoms with E-state index in [1.807, 2.05) is 6.07 Å². The van der Waals surface area contributed by atoms with Crippen molar-refractivity contribution in [1.82, 2.24) is 14.9 Å². The highest BCUT2D eigenvalue weighted by Gasteiger charge is 2.09. The molecule has 0 spiro atoms. The van der Waals surface area contributed by atoms with Crippen LogP contribution < -0.4 is 5.32 Å². The van der Waals surface area contributed by atoms with Gasteiger partial charge in [-0.05, 0) is 41.9 Å². The van der Waals surface area contributed by atoms with E-state index in [-0.39, 0.29) is 0 Å². The number of nitrogens with zero attached hydrogens (tertiary/aromatic N) is 3. The first kappa shape index (κ1) is 13.7. The molecule has 18 heavy (non-hydrogen) atoms. The maximum atomic E-state index is 4.46. The van der Waals surface area contributed by atoms with Gasteiger partial charge < -0.3 is 10.2 Å². The Kier molecular flexibility index (Phi) is 5.38. The Morgan fingerprint density at radius 3 is 2.78 bits per heavy atom. The van der Waals surface area contributed by atoms with E-state index < -0.39 is 0 Å². The quantitative estimate of drug-likeness (QED) is 0.849. The van der Waals surface area contributed by atoms with Crippen molar-refractivity contribution >= 4 is 21.7 Å². The third-order valence-corrected chi connectivity index (χ3v) is 3.65. The highest BCUT2D eigenvalue weighted by atomic mass is 79.9. The molecule has 5 heteroatoms. The molecule has 1 saturated heterocycles. The molecule has 4 nitrogen and oxygen atoms in total. The summed E-state index contributed by atoms with van der Waals surface area (Å²) in [5.41, 5.74) is 0. The molecule has 0 radical (unpaired) electrons. The molecule has 100 valence electrons. The van der Waals surface area contributed by atoms with E-state index in [2.05, 4.69) is 43.0 Å². The van der Waals surface area contributed by atoms with Crippen LogP contribution in [-0.4, -0.2) is 41.0 Å². The van der Waals surface area contributed by atoms with Crippen LogP contribution in [0.25, 0.3) is 0 Å². The lowest BCUT2D eigenvalue weighted by Crippen LogP contribution is -2.33. The molecule has 0 saturated carbocycles. The number of anilines is 1. The summed E-state index contributed by atoms with van der Waals surface area (Å²) in [5.74, 6) is 1.80. The van der Waals surface area contributed by atoms with Gasteiger partial charge in [-0.15, -0.1) is 0 Å². The molecule has 1 fully saturated rings. The molecule has 2 heterocycles. The summed E-state index contributed by atoms with van der Waals surface area (Å²) in [6.45, 7) is 6.61. The molecule has 0 aliphatic carbocycles. The topological polar surface area (TPSA) is 41.1 Å². The first-order valence-electron chi connectivity index (χ1n) is 6.77. The molecule has 0 unspecified atom stereocenters. The van der Waals surface area contributed by atoms with Gasteiger partial charge in [0, 0.05) is 25.6 Å². The standard InChI is InChI=1S/C13H21BrN4/c1-2-12-16-11(14)10-13(17-12)15-6-9-18-7-4-3-5-8-18/h10H,2-9H2,1H3,(H,15,16,17). The lowest BCUT2D eigenvalue weighted by atomic mass is 10.1. The average Bonchev–Trinajstić information content (AvgIpc) is 2.39. The Morgan fingerprint density at radius 2 is 2.06 bits per heavy atom. The van der Waals surface area contributed by atoms with Crippen molar-refractivity contribution in [3.05, 3.63) is 16.5 Å². The van der Waals surface area contributed by atoms with Crippen LogP contribution in [-0.2, 0) is 6.42 Å². The van der Waals surface area contributed by atoms with Crippen molar-refractivity contribution in [2.75, 3.05) is 31.5 Å². The molecular weight excluding hydrogens is 292 g/mol. The maximum Gasteiger partial charge on any atom is 0.131 e. The van der Waals surface area contributed by atoms with Gasteiger partial charge in [0.25, 0.3) is 0 Å². The van der Waals surface area contributed by atoms with E-state index in [9.17, 15) is 0 Å². The van der Waals surface area contributed by atoms with Crippen LogP contribution in [0, 0.1) is 0 Å². The van der Waals surface area contributed by atoms with Gasteiger partial charge in [0.15, 0.2) is 0 Å². The third-order valence-electron chi connectivity index (χ3n) is 3.24. The maximum absolute atomic E-state index is 4.46. The predicted molar refractivity (Wildman–Crippen MR) is 77.9 cm³/mol. The van der Waals surface area contributed by atoms with Crippen molar-refractivity contribution in [1.29, 1.82) is 0 Å². The van der Waals surface area contributed by atoms with E-state index in [0.29, 0.717) is 0 Å². The summed E-state index contributed by atoms with van der Waals surface area (Å²) in [6.07, 6.45) is 4.95. The predicted octanol–water partition coefficient (Wildman–Crippen LogP) is 2.70. The number of rotatable bonds is 5. The fourth-order valence-electron chi connectivity index (χ4n) is 2.24. The number of likely N-dealkylation sites (tertiary alicyclic amines) is 1. The molecule has 1 N–H and O–H groups in total. The Labute approximate surface area is 117 Å². The normalized spacial score (nSPS) is 16.8. The monoisotopic (exact) mass is 312 g/mol. The number of hydrogen-bond donors (Lipinski definition) is 1. The van der Waals surface area contributed by atoms with Gasteiger partial charge >= 0.3 is 0 Å². The number of halogens is 1. The van der Waals surface area contributed by atoms with Crippen LogP contribution in [0.15, 0.2) is 10.7 Å². The van der Waals surface area contributed by atoms with Crippen molar-refractivity contribution in [3.63, 3.8) is 0 Å². The van der Waals surface area contributed by atoms with Crippen LogP contribution in [0.5, 0.6) is 0 Å². The molecule has 1 aliphatic rings. The van der Waals surface area contributed by atoms with Gasteiger partial charge in [0.05, 0.1) is 0 Å². The minimum atomic E-state index is 0.856. The Morgan fingerprint density at radius 1 is 1.28 bits per heavy atom. The van der Waals surface area contributed by atoms with Gasteiger partial charge in [-0.1, -0.05) is 13.3 Å². The van der Waals surface area contributed by atoms with Crippen LogP contribution >= 0.6 is 15.9 Å². The number of aromatic nitrogens is 2. The molecule has 2 rings (SSSR count).